The first-order chi connectivity index (χ1) is 11.1. The molecular weight excluding hydrogens is 341 g/mol. The van der Waals surface area contributed by atoms with Crippen LogP contribution in [0.15, 0.2) is 28.8 Å². The molecule has 0 spiro atoms. The second-order valence-corrected chi connectivity index (χ2v) is 5.91. The maximum atomic E-state index is 12.1. The van der Waals surface area contributed by atoms with E-state index in [1.54, 1.807) is 24.3 Å². The Hall–Kier alpha value is -1.76. The van der Waals surface area contributed by atoms with Crippen LogP contribution in [-0.4, -0.2) is 37.4 Å². The molecule has 122 valence electrons. The Balaban J connectivity index is 1.61. The summed E-state index contributed by atoms with van der Waals surface area (Å²) < 4.78 is 10.5. The Kier molecular flexibility index (Phi) is 5.05. The number of hydrogen-bond donors (Lipinski definition) is 1. The highest BCUT2D eigenvalue weighted by Crippen LogP contribution is 2.21. The van der Waals surface area contributed by atoms with Gasteiger partial charge in [0.2, 0.25) is 5.88 Å². The molecule has 6 nitrogen and oxygen atoms in total. The number of ether oxygens (including phenoxy) is 1. The number of carbonyl (C=O) groups is 1. The molecule has 1 fully saturated rings. The second kappa shape index (κ2) is 7.21. The van der Waals surface area contributed by atoms with Crippen LogP contribution in [-0.2, 0) is 11.3 Å². The van der Waals surface area contributed by atoms with Crippen molar-refractivity contribution >= 4 is 35.0 Å². The molecule has 0 radical (unpaired) electrons. The molecule has 0 bridgehead atoms. The van der Waals surface area contributed by atoms with Crippen LogP contribution in [0.5, 0.6) is 0 Å². The Morgan fingerprint density at radius 1 is 1.26 bits per heavy atom. The molecule has 1 saturated heterocycles. The van der Waals surface area contributed by atoms with E-state index >= 15 is 0 Å². The number of nitrogens with one attached hydrogen (secondary N) is 1. The largest absolute Gasteiger partial charge is 0.378 e. The van der Waals surface area contributed by atoms with Gasteiger partial charge in [0, 0.05) is 35.7 Å². The molecule has 0 unspecified atom stereocenters. The summed E-state index contributed by atoms with van der Waals surface area (Å²) in [5.41, 5.74) is 1.01. The summed E-state index contributed by atoms with van der Waals surface area (Å²) in [6.45, 7) is 3.00. The zero-order valence-corrected chi connectivity index (χ0v) is 13.7. The van der Waals surface area contributed by atoms with E-state index in [9.17, 15) is 4.79 Å². The van der Waals surface area contributed by atoms with Gasteiger partial charge in [-0.1, -0.05) is 34.4 Å². The number of amides is 1. The number of hydrogen-bond acceptors (Lipinski definition) is 5. The molecule has 2 heterocycles. The van der Waals surface area contributed by atoms with Crippen molar-refractivity contribution < 1.29 is 14.1 Å². The summed E-state index contributed by atoms with van der Waals surface area (Å²) in [6.07, 6.45) is 0. The lowest BCUT2D eigenvalue weighted by Gasteiger charge is -2.25. The predicted octanol–water partition coefficient (Wildman–Crippen LogP) is 2.75. The van der Waals surface area contributed by atoms with Crippen molar-refractivity contribution in [3.05, 3.63) is 45.6 Å². The van der Waals surface area contributed by atoms with Gasteiger partial charge in [0.1, 0.15) is 0 Å². The van der Waals surface area contributed by atoms with E-state index in [0.29, 0.717) is 29.1 Å². The molecule has 1 N–H and O–H groups in total. The predicted molar refractivity (Wildman–Crippen MR) is 87.2 cm³/mol. The Bertz CT molecular complexity index is 699. The maximum Gasteiger partial charge on any atom is 0.273 e. The van der Waals surface area contributed by atoms with Crippen LogP contribution in [0.3, 0.4) is 0 Å². The normalized spacial score (nSPS) is 14.8. The molecule has 23 heavy (non-hydrogen) atoms. The van der Waals surface area contributed by atoms with Crippen LogP contribution in [0.2, 0.25) is 10.0 Å². The van der Waals surface area contributed by atoms with Gasteiger partial charge in [-0.15, -0.1) is 0 Å². The van der Waals surface area contributed by atoms with Crippen molar-refractivity contribution in [2.75, 3.05) is 31.2 Å². The Morgan fingerprint density at radius 2 is 2.04 bits per heavy atom. The molecule has 0 saturated carbocycles. The summed E-state index contributed by atoms with van der Waals surface area (Å²) >= 11 is 11.9. The minimum atomic E-state index is -0.320. The number of carbonyl (C=O) groups excluding carboxylic acids is 1. The number of halogens is 2. The first kappa shape index (κ1) is 16.1. The van der Waals surface area contributed by atoms with Gasteiger partial charge < -0.3 is 19.5 Å². The molecule has 1 aromatic heterocycles. The second-order valence-electron chi connectivity index (χ2n) is 5.07. The topological polar surface area (TPSA) is 67.6 Å². The molecule has 1 amide bonds. The van der Waals surface area contributed by atoms with Gasteiger partial charge in [-0.25, -0.2) is 0 Å². The molecule has 8 heteroatoms. The molecule has 1 aliphatic heterocycles. The number of anilines is 1. The summed E-state index contributed by atoms with van der Waals surface area (Å²) in [6, 6.07) is 6.76. The monoisotopic (exact) mass is 355 g/mol. The van der Waals surface area contributed by atoms with Crippen molar-refractivity contribution in [2.24, 2.45) is 0 Å². The number of nitrogens with zero attached hydrogens (tertiary/aromatic N) is 2. The molecular formula is C15H15Cl2N3O3. The number of rotatable bonds is 4. The first-order valence-corrected chi connectivity index (χ1v) is 7.90. The number of aromatic nitrogens is 1. The van der Waals surface area contributed by atoms with Crippen LogP contribution in [0.1, 0.15) is 16.1 Å². The minimum Gasteiger partial charge on any atom is -0.378 e. The Labute approximate surface area is 143 Å². The van der Waals surface area contributed by atoms with Crippen molar-refractivity contribution in [1.82, 2.24) is 10.5 Å². The van der Waals surface area contributed by atoms with E-state index in [4.69, 9.17) is 32.5 Å². The smallest absolute Gasteiger partial charge is 0.273 e. The third-order valence-electron chi connectivity index (χ3n) is 3.51. The highest BCUT2D eigenvalue weighted by atomic mass is 35.5. The lowest BCUT2D eigenvalue weighted by molar-refractivity contribution is 0.0941. The average Bonchev–Trinajstić information content (AvgIpc) is 3.05. The highest BCUT2D eigenvalue weighted by molar-refractivity contribution is 6.35. The van der Waals surface area contributed by atoms with E-state index in [0.717, 1.165) is 18.7 Å². The maximum absolute atomic E-state index is 12.1. The van der Waals surface area contributed by atoms with Crippen LogP contribution in [0.4, 0.5) is 5.88 Å². The standard InChI is InChI=1S/C15H15Cl2N3O3/c16-11-2-1-10(12(17)7-11)9-18-15(21)13-8-14(23-19-13)20-3-5-22-6-4-20/h1-2,7-8H,3-6,9H2,(H,18,21). The number of morpholine rings is 1. The van der Waals surface area contributed by atoms with E-state index in [-0.39, 0.29) is 18.1 Å². The molecule has 0 aliphatic carbocycles. The summed E-state index contributed by atoms with van der Waals surface area (Å²) in [4.78, 5) is 14.1. The summed E-state index contributed by atoms with van der Waals surface area (Å²) in [7, 11) is 0. The van der Waals surface area contributed by atoms with Crippen molar-refractivity contribution in [2.45, 2.75) is 6.54 Å². The van der Waals surface area contributed by atoms with Gasteiger partial charge in [-0.05, 0) is 17.7 Å². The van der Waals surface area contributed by atoms with Crippen LogP contribution in [0, 0.1) is 0 Å². The zero-order valence-electron chi connectivity index (χ0n) is 12.2. The average molecular weight is 356 g/mol. The minimum absolute atomic E-state index is 0.233. The van der Waals surface area contributed by atoms with Crippen molar-refractivity contribution in [1.29, 1.82) is 0 Å². The lowest BCUT2D eigenvalue weighted by atomic mass is 10.2. The van der Waals surface area contributed by atoms with Gasteiger partial charge in [-0.3, -0.25) is 4.79 Å². The van der Waals surface area contributed by atoms with Gasteiger partial charge in [0.25, 0.3) is 5.91 Å². The van der Waals surface area contributed by atoms with Crippen molar-refractivity contribution in [3.63, 3.8) is 0 Å². The fraction of sp³-hybridized carbons (Fsp3) is 0.333. The molecule has 0 atom stereocenters. The third kappa shape index (κ3) is 3.96. The zero-order chi connectivity index (χ0) is 16.2. The molecule has 1 aromatic carbocycles. The summed E-state index contributed by atoms with van der Waals surface area (Å²) in [5, 5.41) is 7.64. The van der Waals surface area contributed by atoms with Gasteiger partial charge in [0.05, 0.1) is 13.2 Å². The lowest BCUT2D eigenvalue weighted by Crippen LogP contribution is -2.35. The fourth-order valence-corrected chi connectivity index (χ4v) is 2.71. The van der Waals surface area contributed by atoms with E-state index in [1.807, 2.05) is 4.90 Å². The van der Waals surface area contributed by atoms with Gasteiger partial charge in [0.15, 0.2) is 5.69 Å². The number of benzene rings is 1. The van der Waals surface area contributed by atoms with Crippen LogP contribution < -0.4 is 10.2 Å². The molecule has 3 rings (SSSR count). The van der Waals surface area contributed by atoms with Gasteiger partial charge in [-0.2, -0.15) is 0 Å². The van der Waals surface area contributed by atoms with Crippen LogP contribution in [0.25, 0.3) is 0 Å². The van der Waals surface area contributed by atoms with Crippen LogP contribution >= 0.6 is 23.2 Å². The third-order valence-corrected chi connectivity index (χ3v) is 4.09. The van der Waals surface area contributed by atoms with E-state index < -0.39 is 0 Å². The summed E-state index contributed by atoms with van der Waals surface area (Å²) in [5.74, 6) is 0.252. The van der Waals surface area contributed by atoms with E-state index in [2.05, 4.69) is 10.5 Å². The highest BCUT2D eigenvalue weighted by Gasteiger charge is 2.19. The molecule has 1 aliphatic rings. The fourth-order valence-electron chi connectivity index (χ4n) is 2.24. The van der Waals surface area contributed by atoms with E-state index in [1.165, 1.54) is 0 Å². The van der Waals surface area contributed by atoms with Gasteiger partial charge >= 0.3 is 0 Å². The molecule has 2 aromatic rings. The van der Waals surface area contributed by atoms with Crippen molar-refractivity contribution in [3.8, 4) is 0 Å². The quantitative estimate of drug-likeness (QED) is 0.913. The first-order valence-electron chi connectivity index (χ1n) is 7.15. The SMILES string of the molecule is O=C(NCc1ccc(Cl)cc1Cl)c1cc(N2CCOCC2)on1. The Morgan fingerprint density at radius 3 is 2.78 bits per heavy atom.